The van der Waals surface area contributed by atoms with Crippen LogP contribution >= 0.6 is 11.5 Å². The van der Waals surface area contributed by atoms with Crippen LogP contribution in [0.5, 0.6) is 5.75 Å². The molecule has 1 aliphatic heterocycles. The molecule has 1 aromatic heterocycles. The van der Waals surface area contributed by atoms with E-state index < -0.39 is 47.5 Å². The van der Waals surface area contributed by atoms with Crippen LogP contribution in [0.1, 0.15) is 74.7 Å². The molecule has 2 aromatic rings. The maximum atomic E-state index is 14.4. The molecule has 1 saturated carbocycles. The topological polar surface area (TPSA) is 105 Å². The SMILES string of the molecule is O=C(Nc1ccc(OC(F)(F)F)cc1)c1nnsc1NC(=O)C1CNC2(CCCCCCCCC2)C(C(F)(F)F)C1. The highest BCUT2D eigenvalue weighted by molar-refractivity contribution is 7.10. The van der Waals surface area contributed by atoms with Gasteiger partial charge in [0, 0.05) is 29.3 Å². The third-order valence-corrected chi connectivity index (χ3v) is 8.33. The number of nitrogens with zero attached hydrogens (tertiary/aromatic N) is 2. The third kappa shape index (κ3) is 8.31. The number of ether oxygens (including phenoxy) is 1. The molecule has 4 rings (SSSR count). The van der Waals surface area contributed by atoms with Gasteiger partial charge < -0.3 is 20.7 Å². The number of piperidine rings is 1. The number of nitrogens with one attached hydrogen (secondary N) is 3. The van der Waals surface area contributed by atoms with E-state index in [9.17, 15) is 35.9 Å². The number of hydrogen-bond donors (Lipinski definition) is 3. The summed E-state index contributed by atoms with van der Waals surface area (Å²) in [7, 11) is 0. The van der Waals surface area contributed by atoms with Crippen molar-refractivity contribution in [2.45, 2.75) is 82.3 Å². The first-order chi connectivity index (χ1) is 19.4. The van der Waals surface area contributed by atoms with Gasteiger partial charge in [-0.25, -0.2) is 0 Å². The molecule has 2 unspecified atom stereocenters. The number of halogens is 6. The molecule has 1 spiro atoms. The summed E-state index contributed by atoms with van der Waals surface area (Å²) in [6.45, 7) is 0.0680. The lowest BCUT2D eigenvalue weighted by Crippen LogP contribution is -2.62. The highest BCUT2D eigenvalue weighted by Gasteiger charge is 2.56. The average Bonchev–Trinajstić information content (AvgIpc) is 3.36. The van der Waals surface area contributed by atoms with E-state index in [2.05, 4.69) is 30.3 Å². The van der Waals surface area contributed by atoms with E-state index in [0.29, 0.717) is 37.2 Å². The summed E-state index contributed by atoms with van der Waals surface area (Å²) in [5.74, 6) is -4.67. The van der Waals surface area contributed by atoms with Crippen molar-refractivity contribution in [1.82, 2.24) is 14.9 Å². The summed E-state index contributed by atoms with van der Waals surface area (Å²) in [6, 6.07) is 4.36. The Balaban J connectivity index is 1.41. The molecule has 2 fully saturated rings. The minimum absolute atomic E-state index is 0.0490. The molecule has 2 heterocycles. The normalized spacial score (nSPS) is 22.1. The van der Waals surface area contributed by atoms with Gasteiger partial charge in [-0.05, 0) is 43.5 Å². The number of anilines is 2. The second-order valence-corrected chi connectivity index (χ2v) is 11.3. The Morgan fingerprint density at radius 3 is 2.12 bits per heavy atom. The second-order valence-electron chi connectivity index (χ2n) is 10.5. The lowest BCUT2D eigenvalue weighted by molar-refractivity contribution is -0.274. The predicted molar refractivity (Wildman–Crippen MR) is 140 cm³/mol. The monoisotopic (exact) mass is 607 g/mol. The van der Waals surface area contributed by atoms with Gasteiger partial charge in [0.1, 0.15) is 10.8 Å². The molecule has 2 amide bonds. The van der Waals surface area contributed by atoms with E-state index in [0.717, 1.165) is 44.2 Å². The number of carbonyl (C=O) groups excluding carboxylic acids is 2. The number of benzene rings is 1. The van der Waals surface area contributed by atoms with Crippen LogP contribution in [0, 0.1) is 11.8 Å². The molecule has 1 saturated heterocycles. The summed E-state index contributed by atoms with van der Waals surface area (Å²) >= 11 is 0.685. The van der Waals surface area contributed by atoms with Crippen molar-refractivity contribution in [2.75, 3.05) is 17.2 Å². The first-order valence-electron chi connectivity index (χ1n) is 13.5. The Morgan fingerprint density at radius 1 is 0.927 bits per heavy atom. The Morgan fingerprint density at radius 2 is 1.54 bits per heavy atom. The molecule has 15 heteroatoms. The van der Waals surface area contributed by atoms with Gasteiger partial charge in [-0.1, -0.05) is 49.4 Å². The fourth-order valence-corrected chi connectivity index (χ4v) is 6.24. The van der Waals surface area contributed by atoms with Crippen molar-refractivity contribution in [3.8, 4) is 5.75 Å². The molecule has 226 valence electrons. The van der Waals surface area contributed by atoms with Gasteiger partial charge in [-0.3, -0.25) is 9.59 Å². The van der Waals surface area contributed by atoms with Crippen LogP contribution in [0.4, 0.5) is 37.0 Å². The standard InChI is InChI=1S/C26H31F6N5O3S/c27-25(28,29)19-14-16(15-33-24(19)12-6-4-2-1-3-5-7-13-24)21(38)35-23-20(36-37-41-23)22(39)34-17-8-10-18(11-9-17)40-26(30,31)32/h8-11,16,19,33H,1-7,12-15H2,(H,34,39)(H,35,38). The smallest absolute Gasteiger partial charge is 0.406 e. The van der Waals surface area contributed by atoms with E-state index in [4.69, 9.17) is 0 Å². The van der Waals surface area contributed by atoms with E-state index in [-0.39, 0.29) is 29.3 Å². The second kappa shape index (κ2) is 12.9. The van der Waals surface area contributed by atoms with Crippen LogP contribution in [0.2, 0.25) is 0 Å². The van der Waals surface area contributed by atoms with Crippen LogP contribution in [-0.2, 0) is 4.79 Å². The van der Waals surface area contributed by atoms with Crippen molar-refractivity contribution >= 4 is 34.0 Å². The third-order valence-electron chi connectivity index (χ3n) is 7.69. The van der Waals surface area contributed by atoms with Gasteiger partial charge in [-0.2, -0.15) is 13.2 Å². The summed E-state index contributed by atoms with van der Waals surface area (Å²) in [5, 5.41) is 11.7. The molecule has 8 nitrogen and oxygen atoms in total. The Kier molecular flexibility index (Phi) is 9.77. The van der Waals surface area contributed by atoms with Crippen LogP contribution in [0.3, 0.4) is 0 Å². The zero-order chi connectivity index (χ0) is 29.7. The lowest BCUT2D eigenvalue weighted by Gasteiger charge is -2.48. The number of carbonyl (C=O) groups is 2. The molecular formula is C26H31F6N5O3S. The quantitative estimate of drug-likeness (QED) is 0.328. The van der Waals surface area contributed by atoms with Crippen LogP contribution < -0.4 is 20.7 Å². The lowest BCUT2D eigenvalue weighted by atomic mass is 9.68. The fraction of sp³-hybridized carbons (Fsp3) is 0.615. The molecular weight excluding hydrogens is 576 g/mol. The highest BCUT2D eigenvalue weighted by Crippen LogP contribution is 2.47. The number of rotatable bonds is 5. The van der Waals surface area contributed by atoms with E-state index in [1.54, 1.807) is 0 Å². The molecule has 1 aliphatic carbocycles. The summed E-state index contributed by atoms with van der Waals surface area (Å²) in [4.78, 5) is 25.8. The van der Waals surface area contributed by atoms with Crippen molar-refractivity contribution in [1.29, 1.82) is 0 Å². The van der Waals surface area contributed by atoms with Crippen molar-refractivity contribution in [3.63, 3.8) is 0 Å². The van der Waals surface area contributed by atoms with Gasteiger partial charge in [0.25, 0.3) is 5.91 Å². The van der Waals surface area contributed by atoms with Gasteiger partial charge in [0.15, 0.2) is 5.69 Å². The number of alkyl halides is 6. The molecule has 0 bridgehead atoms. The zero-order valence-corrected chi connectivity index (χ0v) is 22.9. The summed E-state index contributed by atoms with van der Waals surface area (Å²) < 4.78 is 87.6. The average molecular weight is 608 g/mol. The Hall–Kier alpha value is -2.94. The van der Waals surface area contributed by atoms with Gasteiger partial charge in [0.05, 0.1) is 11.8 Å². The first-order valence-corrected chi connectivity index (χ1v) is 14.3. The molecule has 2 aliphatic rings. The van der Waals surface area contributed by atoms with Crippen LogP contribution in [0.15, 0.2) is 24.3 Å². The fourth-order valence-electron chi connectivity index (χ4n) is 5.67. The maximum Gasteiger partial charge on any atom is 0.573 e. The zero-order valence-electron chi connectivity index (χ0n) is 22.0. The van der Waals surface area contributed by atoms with Crippen molar-refractivity contribution < 1.29 is 40.7 Å². The highest BCUT2D eigenvalue weighted by atomic mass is 32.1. The van der Waals surface area contributed by atoms with Gasteiger partial charge >= 0.3 is 12.5 Å². The van der Waals surface area contributed by atoms with E-state index in [1.807, 2.05) is 0 Å². The van der Waals surface area contributed by atoms with Crippen molar-refractivity contribution in [3.05, 3.63) is 30.0 Å². The summed E-state index contributed by atoms with van der Waals surface area (Å²) in [5.41, 5.74) is -1.27. The Labute approximate surface area is 236 Å². The minimum Gasteiger partial charge on any atom is -0.406 e. The summed E-state index contributed by atoms with van der Waals surface area (Å²) in [6.07, 6.45) is -2.67. The number of aromatic nitrogens is 2. The first kappa shape index (κ1) is 31.0. The van der Waals surface area contributed by atoms with Crippen LogP contribution in [0.25, 0.3) is 0 Å². The predicted octanol–water partition coefficient (Wildman–Crippen LogP) is 6.68. The molecule has 2 atom stereocenters. The van der Waals surface area contributed by atoms with E-state index in [1.165, 1.54) is 12.1 Å². The molecule has 0 radical (unpaired) electrons. The number of amides is 2. The van der Waals surface area contributed by atoms with Crippen LogP contribution in [-0.4, -0.2) is 46.0 Å². The largest absolute Gasteiger partial charge is 0.573 e. The van der Waals surface area contributed by atoms with Gasteiger partial charge in [0.2, 0.25) is 5.91 Å². The minimum atomic E-state index is -4.87. The molecule has 41 heavy (non-hydrogen) atoms. The van der Waals surface area contributed by atoms with Gasteiger partial charge in [-0.15, -0.1) is 18.3 Å². The molecule has 3 N–H and O–H groups in total. The molecule has 1 aromatic carbocycles. The van der Waals surface area contributed by atoms with Crippen molar-refractivity contribution in [2.24, 2.45) is 11.8 Å². The van der Waals surface area contributed by atoms with E-state index >= 15 is 0 Å². The number of hydrogen-bond acceptors (Lipinski definition) is 7. The maximum absolute atomic E-state index is 14.4. The Bertz CT molecular complexity index is 1180.